The summed E-state index contributed by atoms with van der Waals surface area (Å²) in [7, 11) is 0. The van der Waals surface area contributed by atoms with E-state index in [0.717, 1.165) is 25.1 Å². The minimum Gasteiger partial charge on any atom is -1.00 e. The number of cyclic esters (lactones) is 1. The first-order valence-corrected chi connectivity index (χ1v) is 9.92. The third-order valence-corrected chi connectivity index (χ3v) is 7.33. The first-order valence-electron chi connectivity index (χ1n) is 9.39. The van der Waals surface area contributed by atoms with Gasteiger partial charge in [-0.2, -0.15) is 0 Å². The van der Waals surface area contributed by atoms with Crippen LogP contribution in [0.3, 0.4) is 0 Å². The van der Waals surface area contributed by atoms with Crippen LogP contribution in [0, 0.1) is 5.92 Å². The van der Waals surface area contributed by atoms with E-state index in [1.165, 1.54) is 0 Å². The monoisotopic (exact) mass is 419 g/mol. The fourth-order valence-electron chi connectivity index (χ4n) is 5.36. The van der Waals surface area contributed by atoms with Gasteiger partial charge in [0, 0.05) is 12.0 Å². The number of quaternary nitrogens is 1. The van der Waals surface area contributed by atoms with Crippen molar-refractivity contribution in [3.05, 3.63) is 11.6 Å². The highest BCUT2D eigenvalue weighted by molar-refractivity contribution is 6.17. The van der Waals surface area contributed by atoms with Crippen LogP contribution < -0.4 is 12.4 Å². The van der Waals surface area contributed by atoms with E-state index in [1.807, 2.05) is 13.8 Å². The molecule has 4 aliphatic rings. The highest BCUT2D eigenvalue weighted by Gasteiger charge is 2.58. The Bertz CT molecular complexity index is 685. The molecule has 0 amide bonds. The average Bonchev–Trinajstić information content (AvgIpc) is 3.16. The largest absolute Gasteiger partial charge is 1.00 e. The van der Waals surface area contributed by atoms with Crippen LogP contribution in [0.25, 0.3) is 0 Å². The zero-order valence-electron chi connectivity index (χ0n) is 16.0. The molecule has 0 aliphatic carbocycles. The molecule has 6 atom stereocenters. The predicted octanol–water partition coefficient (Wildman–Crippen LogP) is -0.852. The van der Waals surface area contributed by atoms with Crippen LogP contribution >= 0.6 is 11.6 Å². The van der Waals surface area contributed by atoms with Crippen LogP contribution in [0.2, 0.25) is 0 Å². The van der Waals surface area contributed by atoms with E-state index in [1.54, 1.807) is 6.92 Å². The van der Waals surface area contributed by atoms with Gasteiger partial charge in [-0.1, -0.05) is 18.5 Å². The molecule has 0 spiro atoms. The Labute approximate surface area is 171 Å². The number of hydrogen-bond donors (Lipinski definition) is 0. The summed E-state index contributed by atoms with van der Waals surface area (Å²) in [5.74, 6) is -0.652. The van der Waals surface area contributed by atoms with Crippen molar-refractivity contribution in [1.29, 1.82) is 0 Å². The summed E-state index contributed by atoms with van der Waals surface area (Å²) in [5, 5.41) is 0. The Hall–Kier alpha value is -0.820. The molecule has 152 valence electrons. The number of esters is 2. The number of rotatable bonds is 1. The average molecular weight is 420 g/mol. The normalized spacial score (nSPS) is 46.4. The predicted molar refractivity (Wildman–Crippen MR) is 94.3 cm³/mol. The summed E-state index contributed by atoms with van der Waals surface area (Å²) in [5.41, 5.74) is -0.748. The van der Waals surface area contributed by atoms with Crippen molar-refractivity contribution in [2.75, 3.05) is 25.7 Å². The molecule has 0 saturated carbocycles. The van der Waals surface area contributed by atoms with Gasteiger partial charge in [-0.25, -0.2) is 4.79 Å². The van der Waals surface area contributed by atoms with Crippen LogP contribution in [-0.2, 0) is 23.8 Å². The highest BCUT2D eigenvalue weighted by Crippen LogP contribution is 2.46. The number of carbonyl (C=O) groups excluding carboxylic acids is 2. The highest BCUT2D eigenvalue weighted by atomic mass is 35.5. The molecule has 0 aromatic carbocycles. The second-order valence-electron chi connectivity index (χ2n) is 8.80. The molecule has 0 N–H and O–H groups in total. The topological polar surface area (TPSA) is 61.8 Å². The van der Waals surface area contributed by atoms with Crippen molar-refractivity contribution in [1.82, 2.24) is 0 Å². The summed E-state index contributed by atoms with van der Waals surface area (Å²) >= 11 is 6.29. The van der Waals surface area contributed by atoms with Crippen molar-refractivity contribution < 1.29 is 40.7 Å². The second-order valence-corrected chi connectivity index (χ2v) is 9.04. The maximum absolute atomic E-state index is 12.8. The Balaban J connectivity index is 0.00000210. The van der Waals surface area contributed by atoms with E-state index in [4.69, 9.17) is 25.8 Å². The Morgan fingerprint density at radius 1 is 1.33 bits per heavy atom. The molecule has 0 aromatic rings. The lowest BCUT2D eigenvalue weighted by molar-refractivity contribution is -0.915. The quantitative estimate of drug-likeness (QED) is 0.182. The zero-order chi connectivity index (χ0) is 18.7. The van der Waals surface area contributed by atoms with E-state index >= 15 is 0 Å². The number of nitrogens with zero attached hydrogens (tertiary/aromatic N) is 1. The number of halogens is 2. The summed E-state index contributed by atoms with van der Waals surface area (Å²) in [6, 6.07) is 0.447. The number of hydrogen-bond acceptors (Lipinski definition) is 5. The fourth-order valence-corrected chi connectivity index (χ4v) is 5.72. The number of carbonyl (C=O) groups is 2. The van der Waals surface area contributed by atoms with Crippen LogP contribution in [0.4, 0.5) is 0 Å². The lowest BCUT2D eigenvalue weighted by Gasteiger charge is -2.35. The van der Waals surface area contributed by atoms with Gasteiger partial charge in [0.25, 0.3) is 0 Å². The molecule has 3 fully saturated rings. The van der Waals surface area contributed by atoms with Crippen molar-refractivity contribution in [2.24, 2.45) is 5.92 Å². The standard InChI is InChI=1S/C19H27ClNO5.ClH/c1-12-8-18(2)9-15(22)25-14-5-7-21(11-20)6-4-13(16(14)21)10-24-17(23)19(12,3)26-18;/h4,12,14,16H,5-11H2,1-3H3;1H/q+1;/p-1/t12-,14-,16-,18-,19+,21+;/m1./s1. The zero-order valence-corrected chi connectivity index (χ0v) is 17.5. The van der Waals surface area contributed by atoms with Crippen molar-refractivity contribution in [2.45, 2.75) is 63.4 Å². The summed E-state index contributed by atoms with van der Waals surface area (Å²) < 4.78 is 18.4. The third-order valence-electron chi connectivity index (χ3n) is 6.85. The Morgan fingerprint density at radius 3 is 2.78 bits per heavy atom. The molecule has 0 aromatic heterocycles. The second kappa shape index (κ2) is 6.90. The van der Waals surface area contributed by atoms with E-state index in [-0.39, 0.29) is 55.4 Å². The molecule has 2 bridgehead atoms. The van der Waals surface area contributed by atoms with Crippen LogP contribution in [0.15, 0.2) is 11.6 Å². The Morgan fingerprint density at radius 2 is 2.07 bits per heavy atom. The third kappa shape index (κ3) is 3.18. The Kier molecular flexibility index (Phi) is 5.34. The number of fused-ring (bicyclic) bond motifs is 2. The molecule has 27 heavy (non-hydrogen) atoms. The van der Waals surface area contributed by atoms with Crippen LogP contribution in [-0.4, -0.2) is 65.5 Å². The molecule has 0 unspecified atom stereocenters. The molecule has 0 radical (unpaired) electrons. The van der Waals surface area contributed by atoms with Crippen molar-refractivity contribution in [3.63, 3.8) is 0 Å². The van der Waals surface area contributed by atoms with Gasteiger partial charge >= 0.3 is 11.9 Å². The molecule has 4 aliphatic heterocycles. The first-order chi connectivity index (χ1) is 12.2. The van der Waals surface area contributed by atoms with Crippen LogP contribution in [0.1, 0.15) is 40.0 Å². The van der Waals surface area contributed by atoms with E-state index in [2.05, 4.69) is 6.08 Å². The fraction of sp³-hybridized carbons (Fsp3) is 0.789. The summed E-state index contributed by atoms with van der Waals surface area (Å²) in [4.78, 5) is 25.5. The molecule has 3 saturated heterocycles. The number of ether oxygens (including phenoxy) is 3. The minimum atomic E-state index is -1.04. The van der Waals surface area contributed by atoms with Gasteiger partial charge in [0.05, 0.1) is 25.1 Å². The summed E-state index contributed by atoms with van der Waals surface area (Å²) in [6.45, 7) is 7.47. The molecule has 4 rings (SSSR count). The van der Waals surface area contributed by atoms with E-state index in [0.29, 0.717) is 16.9 Å². The first kappa shape index (κ1) is 20.9. The summed E-state index contributed by atoms with van der Waals surface area (Å²) in [6.07, 6.45) is 3.41. The molecule has 6 nitrogen and oxygen atoms in total. The van der Waals surface area contributed by atoms with E-state index < -0.39 is 11.2 Å². The lowest BCUT2D eigenvalue weighted by Crippen LogP contribution is -3.00. The minimum absolute atomic E-state index is 0. The van der Waals surface area contributed by atoms with Gasteiger partial charge in [0.1, 0.15) is 6.61 Å². The SMILES string of the molecule is C[C@@H]1C[C@]2(C)CC(=O)O[C@@H]3CC[N@+]4(CCl)CC=C(COC(=O)[C@@]1(C)O2)[C@H]34.[Cl-]. The van der Waals surface area contributed by atoms with Gasteiger partial charge < -0.3 is 26.6 Å². The van der Waals surface area contributed by atoms with Gasteiger partial charge in [0.2, 0.25) is 0 Å². The van der Waals surface area contributed by atoms with Gasteiger partial charge in [-0.05, 0) is 32.3 Å². The smallest absolute Gasteiger partial charge is 0.338 e. The van der Waals surface area contributed by atoms with Gasteiger partial charge in [0.15, 0.2) is 23.8 Å². The maximum Gasteiger partial charge on any atom is 0.338 e. The van der Waals surface area contributed by atoms with Gasteiger partial charge in [-0.15, -0.1) is 0 Å². The lowest BCUT2D eigenvalue weighted by atomic mass is 9.86. The number of alkyl halides is 1. The molecular formula is C19H27Cl2NO5. The maximum atomic E-state index is 12.8. The molecular weight excluding hydrogens is 393 g/mol. The van der Waals surface area contributed by atoms with E-state index in [9.17, 15) is 9.59 Å². The molecule has 4 heterocycles. The van der Waals surface area contributed by atoms with Gasteiger partial charge in [-0.3, -0.25) is 9.28 Å². The van der Waals surface area contributed by atoms with Crippen LogP contribution in [0.5, 0.6) is 0 Å². The van der Waals surface area contributed by atoms with Crippen molar-refractivity contribution in [3.8, 4) is 0 Å². The molecule has 8 heteroatoms. The van der Waals surface area contributed by atoms with Crippen molar-refractivity contribution >= 4 is 23.5 Å².